The molecule has 2 rings (SSSR count). The molecule has 0 saturated carbocycles. The van der Waals surface area contributed by atoms with Crippen LogP contribution in [0, 0.1) is 6.92 Å². The van der Waals surface area contributed by atoms with Crippen molar-refractivity contribution in [2.24, 2.45) is 0 Å². The Bertz CT molecular complexity index is 650. The number of aryl methyl sites for hydroxylation is 1. The third kappa shape index (κ3) is 4.18. The maximum atomic E-state index is 11.8. The second-order valence-corrected chi connectivity index (χ2v) is 4.74. The summed E-state index contributed by atoms with van der Waals surface area (Å²) in [7, 11) is 0. The zero-order chi connectivity index (χ0) is 15.2. The summed E-state index contributed by atoms with van der Waals surface area (Å²) >= 11 is 0. The molecule has 2 aromatic rings. The van der Waals surface area contributed by atoms with Gasteiger partial charge in [0.25, 0.3) is 5.91 Å². The SMILES string of the molecule is CC(=O)c1ccc(NC(=O)COc2ccccc2)cc1C. The van der Waals surface area contributed by atoms with Gasteiger partial charge in [0.15, 0.2) is 12.4 Å². The Hall–Kier alpha value is -2.62. The quantitative estimate of drug-likeness (QED) is 0.857. The van der Waals surface area contributed by atoms with Crippen LogP contribution in [-0.2, 0) is 4.79 Å². The minimum Gasteiger partial charge on any atom is -0.484 e. The zero-order valence-electron chi connectivity index (χ0n) is 12.1. The molecule has 0 saturated heterocycles. The molecule has 0 radical (unpaired) electrons. The number of nitrogens with one attached hydrogen (secondary N) is 1. The molecular formula is C17H17NO3. The van der Waals surface area contributed by atoms with Crippen molar-refractivity contribution < 1.29 is 14.3 Å². The number of hydrogen-bond donors (Lipinski definition) is 1. The number of benzene rings is 2. The van der Waals surface area contributed by atoms with E-state index < -0.39 is 0 Å². The number of rotatable bonds is 5. The first-order valence-corrected chi connectivity index (χ1v) is 6.65. The van der Waals surface area contributed by atoms with Crippen LogP contribution in [0.1, 0.15) is 22.8 Å². The Morgan fingerprint density at radius 1 is 1.10 bits per heavy atom. The van der Waals surface area contributed by atoms with E-state index >= 15 is 0 Å². The van der Waals surface area contributed by atoms with E-state index in [2.05, 4.69) is 5.32 Å². The van der Waals surface area contributed by atoms with E-state index in [1.807, 2.05) is 25.1 Å². The van der Waals surface area contributed by atoms with Crippen molar-refractivity contribution >= 4 is 17.4 Å². The lowest BCUT2D eigenvalue weighted by molar-refractivity contribution is -0.118. The van der Waals surface area contributed by atoms with E-state index in [1.54, 1.807) is 30.3 Å². The van der Waals surface area contributed by atoms with Crippen molar-refractivity contribution in [3.05, 3.63) is 59.7 Å². The van der Waals surface area contributed by atoms with E-state index in [0.717, 1.165) is 5.56 Å². The predicted molar refractivity (Wildman–Crippen MR) is 81.8 cm³/mol. The van der Waals surface area contributed by atoms with Crippen LogP contribution in [0.4, 0.5) is 5.69 Å². The number of ether oxygens (including phenoxy) is 1. The molecule has 1 amide bonds. The molecule has 4 heteroatoms. The Labute approximate surface area is 123 Å². The highest BCUT2D eigenvalue weighted by Gasteiger charge is 2.07. The maximum Gasteiger partial charge on any atom is 0.262 e. The number of carbonyl (C=O) groups is 2. The largest absolute Gasteiger partial charge is 0.484 e. The molecule has 21 heavy (non-hydrogen) atoms. The Kier molecular flexibility index (Phi) is 4.72. The minimum atomic E-state index is -0.242. The number of anilines is 1. The normalized spacial score (nSPS) is 10.0. The molecule has 0 unspecified atom stereocenters. The lowest BCUT2D eigenvalue weighted by Gasteiger charge is -2.09. The number of amides is 1. The first kappa shape index (κ1) is 14.8. The van der Waals surface area contributed by atoms with Gasteiger partial charge in [0.2, 0.25) is 0 Å². The fraction of sp³-hybridized carbons (Fsp3) is 0.176. The van der Waals surface area contributed by atoms with Gasteiger partial charge in [-0.05, 0) is 49.7 Å². The Morgan fingerprint density at radius 3 is 2.43 bits per heavy atom. The molecule has 0 heterocycles. The molecule has 1 N–H and O–H groups in total. The molecule has 0 aliphatic rings. The molecule has 0 bridgehead atoms. The second kappa shape index (κ2) is 6.70. The van der Waals surface area contributed by atoms with Crippen LogP contribution < -0.4 is 10.1 Å². The monoisotopic (exact) mass is 283 g/mol. The van der Waals surface area contributed by atoms with Gasteiger partial charge in [-0.1, -0.05) is 18.2 Å². The third-order valence-electron chi connectivity index (χ3n) is 3.00. The van der Waals surface area contributed by atoms with Gasteiger partial charge in [-0.15, -0.1) is 0 Å². The van der Waals surface area contributed by atoms with E-state index in [9.17, 15) is 9.59 Å². The van der Waals surface area contributed by atoms with Gasteiger partial charge in [-0.2, -0.15) is 0 Å². The van der Waals surface area contributed by atoms with Gasteiger partial charge in [0, 0.05) is 11.3 Å². The highest BCUT2D eigenvalue weighted by Crippen LogP contribution is 2.16. The highest BCUT2D eigenvalue weighted by molar-refractivity contribution is 5.97. The average Bonchev–Trinajstić information content (AvgIpc) is 2.46. The minimum absolute atomic E-state index is 0.0118. The second-order valence-electron chi connectivity index (χ2n) is 4.74. The van der Waals surface area contributed by atoms with Crippen LogP contribution >= 0.6 is 0 Å². The third-order valence-corrected chi connectivity index (χ3v) is 3.00. The van der Waals surface area contributed by atoms with Crippen LogP contribution in [-0.4, -0.2) is 18.3 Å². The molecule has 108 valence electrons. The van der Waals surface area contributed by atoms with Crippen LogP contribution in [0.15, 0.2) is 48.5 Å². The summed E-state index contributed by atoms with van der Waals surface area (Å²) in [5, 5.41) is 2.74. The van der Waals surface area contributed by atoms with Crippen LogP contribution in [0.3, 0.4) is 0 Å². The van der Waals surface area contributed by atoms with Gasteiger partial charge in [-0.3, -0.25) is 9.59 Å². The van der Waals surface area contributed by atoms with Crippen molar-refractivity contribution in [1.82, 2.24) is 0 Å². The van der Waals surface area contributed by atoms with Crippen molar-refractivity contribution in [2.75, 3.05) is 11.9 Å². The summed E-state index contributed by atoms with van der Waals surface area (Å²) in [5.74, 6) is 0.419. The maximum absolute atomic E-state index is 11.8. The molecule has 0 aliphatic carbocycles. The van der Waals surface area contributed by atoms with Crippen molar-refractivity contribution in [3.63, 3.8) is 0 Å². The summed E-state index contributed by atoms with van der Waals surface area (Å²) < 4.78 is 5.37. The van der Waals surface area contributed by atoms with Gasteiger partial charge in [0.1, 0.15) is 5.75 Å². The number of ketones is 1. The van der Waals surface area contributed by atoms with Gasteiger partial charge in [-0.25, -0.2) is 0 Å². The summed E-state index contributed by atoms with van der Waals surface area (Å²) in [4.78, 5) is 23.2. The molecule has 0 aliphatic heterocycles. The standard InChI is InChI=1S/C17H17NO3/c1-12-10-14(8-9-16(12)13(2)19)18-17(20)11-21-15-6-4-3-5-7-15/h3-10H,11H2,1-2H3,(H,18,20). The predicted octanol–water partition coefficient (Wildman–Crippen LogP) is 3.22. The van der Waals surface area contributed by atoms with Gasteiger partial charge in [0.05, 0.1) is 0 Å². The fourth-order valence-electron chi connectivity index (χ4n) is 2.00. The summed E-state index contributed by atoms with van der Waals surface area (Å²) in [5.41, 5.74) is 2.15. The fourth-order valence-corrected chi connectivity index (χ4v) is 2.00. The van der Waals surface area contributed by atoms with Crippen molar-refractivity contribution in [1.29, 1.82) is 0 Å². The van der Waals surface area contributed by atoms with E-state index in [-0.39, 0.29) is 18.3 Å². The van der Waals surface area contributed by atoms with Crippen molar-refractivity contribution in [3.8, 4) is 5.75 Å². The van der Waals surface area contributed by atoms with Crippen molar-refractivity contribution in [2.45, 2.75) is 13.8 Å². The molecule has 0 fully saturated rings. The van der Waals surface area contributed by atoms with Gasteiger partial charge < -0.3 is 10.1 Å². The number of Topliss-reactive ketones (excluding diaryl/α,β-unsaturated/α-hetero) is 1. The van der Waals surface area contributed by atoms with E-state index in [1.165, 1.54) is 6.92 Å². The molecule has 2 aromatic carbocycles. The Morgan fingerprint density at radius 2 is 1.81 bits per heavy atom. The number of para-hydroxylation sites is 1. The van der Waals surface area contributed by atoms with E-state index in [4.69, 9.17) is 4.74 Å². The van der Waals surface area contributed by atoms with Crippen LogP contribution in [0.5, 0.6) is 5.75 Å². The van der Waals surface area contributed by atoms with Crippen LogP contribution in [0.2, 0.25) is 0 Å². The first-order valence-electron chi connectivity index (χ1n) is 6.65. The average molecular weight is 283 g/mol. The molecular weight excluding hydrogens is 266 g/mol. The summed E-state index contributed by atoms with van der Waals surface area (Å²) in [6.45, 7) is 3.30. The summed E-state index contributed by atoms with van der Waals surface area (Å²) in [6.07, 6.45) is 0. The molecule has 0 aromatic heterocycles. The molecule has 0 spiro atoms. The topological polar surface area (TPSA) is 55.4 Å². The lowest BCUT2D eigenvalue weighted by atomic mass is 10.0. The van der Waals surface area contributed by atoms with Crippen LogP contribution in [0.25, 0.3) is 0 Å². The molecule has 0 atom stereocenters. The zero-order valence-corrected chi connectivity index (χ0v) is 12.1. The van der Waals surface area contributed by atoms with Gasteiger partial charge >= 0.3 is 0 Å². The molecule has 4 nitrogen and oxygen atoms in total. The number of hydrogen-bond acceptors (Lipinski definition) is 3. The lowest BCUT2D eigenvalue weighted by Crippen LogP contribution is -2.20. The first-order chi connectivity index (χ1) is 10.1. The highest BCUT2D eigenvalue weighted by atomic mass is 16.5. The summed E-state index contributed by atoms with van der Waals surface area (Å²) in [6, 6.07) is 14.4. The Balaban J connectivity index is 1.94. The van der Waals surface area contributed by atoms with E-state index in [0.29, 0.717) is 17.0 Å². The number of carbonyl (C=O) groups excluding carboxylic acids is 2. The smallest absolute Gasteiger partial charge is 0.262 e.